The van der Waals surface area contributed by atoms with Crippen LogP contribution in [0.2, 0.25) is 0 Å². The third kappa shape index (κ3) is 4.78. The van der Waals surface area contributed by atoms with Crippen molar-refractivity contribution in [3.63, 3.8) is 0 Å². The Hall–Kier alpha value is -1.48. The van der Waals surface area contributed by atoms with E-state index in [1.54, 1.807) is 4.31 Å². The quantitative estimate of drug-likeness (QED) is 0.802. The third-order valence-corrected chi connectivity index (χ3v) is 6.26. The molecule has 0 saturated carbocycles. The van der Waals surface area contributed by atoms with Crippen molar-refractivity contribution in [3.05, 3.63) is 30.0 Å². The van der Waals surface area contributed by atoms with Gasteiger partial charge in [-0.15, -0.1) is 0 Å². The summed E-state index contributed by atoms with van der Waals surface area (Å²) < 4.78 is 31.7. The predicted octanol–water partition coefficient (Wildman–Crippen LogP) is 1.44. The van der Waals surface area contributed by atoms with Crippen LogP contribution in [0.25, 0.3) is 10.9 Å². The summed E-state index contributed by atoms with van der Waals surface area (Å²) in [5, 5.41) is 8.12. The van der Waals surface area contributed by atoms with Gasteiger partial charge in [-0.1, -0.05) is 12.1 Å². The molecule has 0 aliphatic carbocycles. The number of fused-ring (bicyclic) bond motifs is 1. The fraction of sp³-hybridized carbons (Fsp3) is 0.588. The molecule has 7 nitrogen and oxygen atoms in total. The third-order valence-electron chi connectivity index (χ3n) is 4.43. The minimum absolute atomic E-state index is 0.0549. The second kappa shape index (κ2) is 7.82. The molecule has 0 spiro atoms. The molecule has 138 valence electrons. The second-order valence-corrected chi connectivity index (χ2v) is 8.79. The number of ether oxygens (including phenoxy) is 1. The summed E-state index contributed by atoms with van der Waals surface area (Å²) >= 11 is 0. The van der Waals surface area contributed by atoms with Crippen molar-refractivity contribution in [2.75, 3.05) is 38.5 Å². The maximum absolute atomic E-state index is 12.4. The average Bonchev–Trinajstić information content (AvgIpc) is 3.02. The molecule has 2 heterocycles. The lowest BCUT2D eigenvalue weighted by Crippen LogP contribution is -2.49. The van der Waals surface area contributed by atoms with E-state index in [-0.39, 0.29) is 18.5 Å². The summed E-state index contributed by atoms with van der Waals surface area (Å²) in [5.74, 6) is 0.0572. The number of hydrogen-bond donors (Lipinski definition) is 1. The number of nitrogens with zero attached hydrogens (tertiary/aromatic N) is 3. The zero-order valence-electron chi connectivity index (χ0n) is 14.8. The van der Waals surface area contributed by atoms with Gasteiger partial charge in [0.15, 0.2) is 0 Å². The summed E-state index contributed by atoms with van der Waals surface area (Å²) in [4.78, 5) is 2.29. The highest BCUT2D eigenvalue weighted by Crippen LogP contribution is 2.16. The van der Waals surface area contributed by atoms with Crippen LogP contribution in [0.3, 0.4) is 0 Å². The first-order chi connectivity index (χ1) is 11.9. The lowest BCUT2D eigenvalue weighted by Gasteiger charge is -2.34. The second-order valence-electron chi connectivity index (χ2n) is 6.70. The van der Waals surface area contributed by atoms with E-state index >= 15 is 0 Å². The van der Waals surface area contributed by atoms with Crippen LogP contribution in [-0.2, 0) is 21.3 Å². The fourth-order valence-corrected chi connectivity index (χ4v) is 4.31. The van der Waals surface area contributed by atoms with E-state index in [9.17, 15) is 8.42 Å². The molecule has 0 amide bonds. The van der Waals surface area contributed by atoms with Gasteiger partial charge in [0.1, 0.15) is 0 Å². The van der Waals surface area contributed by atoms with Crippen LogP contribution in [0.5, 0.6) is 0 Å². The largest absolute Gasteiger partial charge is 0.378 e. The topological polar surface area (TPSA) is 78.5 Å². The van der Waals surface area contributed by atoms with Crippen LogP contribution >= 0.6 is 0 Å². The van der Waals surface area contributed by atoms with E-state index < -0.39 is 10.0 Å². The van der Waals surface area contributed by atoms with Crippen molar-refractivity contribution in [2.24, 2.45) is 0 Å². The van der Waals surface area contributed by atoms with Crippen molar-refractivity contribution >= 4 is 20.9 Å². The Morgan fingerprint density at radius 3 is 2.72 bits per heavy atom. The number of rotatable bonds is 7. The zero-order chi connectivity index (χ0) is 17.9. The number of benzene rings is 1. The number of aromatic amines is 1. The molecule has 1 saturated heterocycles. The molecule has 3 rings (SSSR count). The van der Waals surface area contributed by atoms with Crippen molar-refractivity contribution in [2.45, 2.75) is 26.5 Å². The highest BCUT2D eigenvalue weighted by atomic mass is 32.2. The van der Waals surface area contributed by atoms with Gasteiger partial charge >= 0.3 is 0 Å². The normalized spacial score (nSPS) is 17.6. The highest BCUT2D eigenvalue weighted by molar-refractivity contribution is 7.89. The van der Waals surface area contributed by atoms with E-state index in [0.29, 0.717) is 13.1 Å². The molecule has 1 aromatic carbocycles. The maximum Gasteiger partial charge on any atom is 0.216 e. The molecule has 0 radical (unpaired) electrons. The molecule has 0 atom stereocenters. The van der Waals surface area contributed by atoms with Gasteiger partial charge in [-0.3, -0.25) is 10.00 Å². The SMILES string of the molecule is CC(C)OCCS(=O)(=O)N1CCN(Cc2ccc3cn[nH]c3c2)CC1. The molecule has 0 unspecified atom stereocenters. The lowest BCUT2D eigenvalue weighted by molar-refractivity contribution is 0.0902. The fourth-order valence-electron chi connectivity index (χ4n) is 3.02. The van der Waals surface area contributed by atoms with E-state index in [1.165, 1.54) is 5.56 Å². The minimum atomic E-state index is -3.23. The van der Waals surface area contributed by atoms with Gasteiger partial charge in [0, 0.05) is 38.1 Å². The molecule has 1 aliphatic heterocycles. The van der Waals surface area contributed by atoms with Gasteiger partial charge < -0.3 is 4.74 Å². The Balaban J connectivity index is 1.51. The van der Waals surface area contributed by atoms with Crippen molar-refractivity contribution in [1.29, 1.82) is 0 Å². The van der Waals surface area contributed by atoms with Crippen LogP contribution < -0.4 is 0 Å². The molecular formula is C17H26N4O3S. The lowest BCUT2D eigenvalue weighted by atomic mass is 10.1. The number of H-pyrrole nitrogens is 1. The van der Waals surface area contributed by atoms with Gasteiger partial charge in [0.25, 0.3) is 0 Å². The Morgan fingerprint density at radius 2 is 2.00 bits per heavy atom. The van der Waals surface area contributed by atoms with Crippen LogP contribution in [0, 0.1) is 0 Å². The minimum Gasteiger partial charge on any atom is -0.378 e. The summed E-state index contributed by atoms with van der Waals surface area (Å²) in [5.41, 5.74) is 2.24. The molecule has 0 bridgehead atoms. The van der Waals surface area contributed by atoms with Crippen LogP contribution in [-0.4, -0.2) is 72.5 Å². The van der Waals surface area contributed by atoms with Crippen LogP contribution in [0.4, 0.5) is 0 Å². The van der Waals surface area contributed by atoms with Gasteiger partial charge in [0.2, 0.25) is 10.0 Å². The number of sulfonamides is 1. The van der Waals surface area contributed by atoms with E-state index in [0.717, 1.165) is 30.5 Å². The molecule has 1 aliphatic rings. The first kappa shape index (κ1) is 18.3. The van der Waals surface area contributed by atoms with Crippen molar-refractivity contribution in [3.8, 4) is 0 Å². The molecule has 8 heteroatoms. The molecular weight excluding hydrogens is 340 g/mol. The van der Waals surface area contributed by atoms with E-state index in [2.05, 4.69) is 33.3 Å². The first-order valence-electron chi connectivity index (χ1n) is 8.68. The Kier molecular flexibility index (Phi) is 5.73. The van der Waals surface area contributed by atoms with Gasteiger partial charge in [-0.2, -0.15) is 9.40 Å². The van der Waals surface area contributed by atoms with Crippen LogP contribution in [0.1, 0.15) is 19.4 Å². The maximum atomic E-state index is 12.4. The Bertz CT molecular complexity index is 795. The number of aromatic nitrogens is 2. The van der Waals surface area contributed by atoms with Crippen LogP contribution in [0.15, 0.2) is 24.4 Å². The average molecular weight is 366 g/mol. The molecule has 1 aromatic heterocycles. The van der Waals surface area contributed by atoms with Gasteiger partial charge in [0.05, 0.1) is 30.2 Å². The number of piperazine rings is 1. The van der Waals surface area contributed by atoms with Crippen molar-refractivity contribution < 1.29 is 13.2 Å². The first-order valence-corrected chi connectivity index (χ1v) is 10.3. The summed E-state index contributed by atoms with van der Waals surface area (Å²) in [6, 6.07) is 6.27. The highest BCUT2D eigenvalue weighted by Gasteiger charge is 2.26. The molecule has 1 fully saturated rings. The smallest absolute Gasteiger partial charge is 0.216 e. The van der Waals surface area contributed by atoms with Gasteiger partial charge in [-0.25, -0.2) is 8.42 Å². The summed E-state index contributed by atoms with van der Waals surface area (Å²) in [7, 11) is -3.23. The van der Waals surface area contributed by atoms with Crippen molar-refractivity contribution in [1.82, 2.24) is 19.4 Å². The standard InChI is InChI=1S/C17H26N4O3S/c1-14(2)24-9-10-25(22,23)21-7-5-20(6-8-21)13-15-3-4-16-12-18-19-17(16)11-15/h3-4,11-12,14H,5-10,13H2,1-2H3,(H,18,19). The van der Waals surface area contributed by atoms with E-state index in [1.807, 2.05) is 20.0 Å². The predicted molar refractivity (Wildman–Crippen MR) is 97.8 cm³/mol. The number of nitrogens with one attached hydrogen (secondary N) is 1. The van der Waals surface area contributed by atoms with Gasteiger partial charge in [-0.05, 0) is 25.5 Å². The summed E-state index contributed by atoms with van der Waals surface area (Å²) in [6.45, 7) is 7.45. The zero-order valence-corrected chi connectivity index (χ0v) is 15.6. The molecule has 1 N–H and O–H groups in total. The monoisotopic (exact) mass is 366 g/mol. The molecule has 25 heavy (non-hydrogen) atoms. The molecule has 2 aromatic rings. The Morgan fingerprint density at radius 1 is 1.24 bits per heavy atom. The number of hydrogen-bond acceptors (Lipinski definition) is 5. The Labute approximate surface area is 149 Å². The summed E-state index contributed by atoms with van der Waals surface area (Å²) in [6.07, 6.45) is 1.87. The van der Waals surface area contributed by atoms with E-state index in [4.69, 9.17) is 4.74 Å².